The minimum absolute atomic E-state index is 0.107. The summed E-state index contributed by atoms with van der Waals surface area (Å²) in [6.07, 6.45) is 3.89. The van der Waals surface area contributed by atoms with Gasteiger partial charge in [0.25, 0.3) is 0 Å². The second-order valence-corrected chi connectivity index (χ2v) is 15.7. The van der Waals surface area contributed by atoms with Crippen molar-refractivity contribution in [1.82, 2.24) is 9.80 Å². The highest BCUT2D eigenvalue weighted by Crippen LogP contribution is 2.49. The van der Waals surface area contributed by atoms with E-state index in [0.717, 1.165) is 51.0 Å². The first-order chi connectivity index (χ1) is 24.7. The molecular weight excluding hydrogens is 708 g/mol. The van der Waals surface area contributed by atoms with Gasteiger partial charge in [0.2, 0.25) is 17.5 Å². The molecule has 3 aromatic carbocycles. The maximum Gasteiger partial charge on any atom is 0.400 e. The summed E-state index contributed by atoms with van der Waals surface area (Å²) in [6, 6.07) is 17.2. The maximum atomic E-state index is 14.3. The minimum Gasteiger partial charge on any atom is -0.493 e. The highest BCUT2D eigenvalue weighted by Gasteiger charge is 2.53. The van der Waals surface area contributed by atoms with Crippen molar-refractivity contribution in [1.29, 1.82) is 0 Å². The maximum absolute atomic E-state index is 14.3. The lowest BCUT2D eigenvalue weighted by atomic mass is 9.83. The Balaban J connectivity index is 1.31. The van der Waals surface area contributed by atoms with E-state index >= 15 is 0 Å². The van der Waals surface area contributed by atoms with Crippen molar-refractivity contribution >= 4 is 45.2 Å². The van der Waals surface area contributed by atoms with Gasteiger partial charge in [-0.05, 0) is 99.5 Å². The number of piperazine rings is 1. The fraction of sp³-hybridized carbons (Fsp3) is 0.474. The molecule has 2 amide bonds. The number of amides is 2. The van der Waals surface area contributed by atoms with Crippen molar-refractivity contribution in [3.05, 3.63) is 82.4 Å². The number of carbonyl (C=O) groups excluding carboxylic acids is 2. The van der Waals surface area contributed by atoms with Gasteiger partial charge >= 0.3 is 10.4 Å². The van der Waals surface area contributed by atoms with E-state index in [9.17, 15) is 22.6 Å². The van der Waals surface area contributed by atoms with Crippen LogP contribution in [0.1, 0.15) is 56.2 Å². The van der Waals surface area contributed by atoms with Crippen LogP contribution in [-0.4, -0.2) is 94.1 Å². The average Bonchev–Trinajstić information content (AvgIpc) is 3.09. The molecule has 1 atom stereocenters. The fourth-order valence-electron chi connectivity index (χ4n) is 7.81. The van der Waals surface area contributed by atoms with Gasteiger partial charge in [0.15, 0.2) is 11.5 Å². The Hall–Kier alpha value is -3.88. The number of carbonyl (C=O) groups is 2. The van der Waals surface area contributed by atoms with Crippen LogP contribution < -0.4 is 19.3 Å². The molecule has 1 saturated carbocycles. The number of likely N-dealkylation sites (N-methyl/N-ethyl adjacent to an activating group) is 1. The summed E-state index contributed by atoms with van der Waals surface area (Å²) in [5.41, 5.74) is 0.0628. The topological polar surface area (TPSA) is 129 Å². The second kappa shape index (κ2) is 15.2. The Bertz CT molecular complexity index is 1880. The van der Waals surface area contributed by atoms with Crippen LogP contribution in [0.5, 0.6) is 11.5 Å². The molecule has 3 aromatic rings. The SMILES string of the molecule is COc1cc2c(cc1OC(C)C)[C@@](OS(=O)(=O)O)(c1ccc(Cl)cc1)N(c1ccc(N(C)CC3CCC(N4CCN(C)C(=O)C4)CC3)cc1)C(=O)C2. The highest BCUT2D eigenvalue weighted by molar-refractivity contribution is 7.80. The molecule has 280 valence electrons. The van der Waals surface area contributed by atoms with Crippen LogP contribution in [0.25, 0.3) is 0 Å². The third-order valence-electron chi connectivity index (χ3n) is 10.4. The molecule has 1 saturated heterocycles. The monoisotopic (exact) mass is 754 g/mol. The van der Waals surface area contributed by atoms with Crippen molar-refractivity contribution in [3.8, 4) is 11.5 Å². The van der Waals surface area contributed by atoms with Gasteiger partial charge in [-0.2, -0.15) is 8.42 Å². The first-order valence-corrected chi connectivity index (χ1v) is 19.4. The van der Waals surface area contributed by atoms with Gasteiger partial charge in [0, 0.05) is 67.3 Å². The van der Waals surface area contributed by atoms with E-state index < -0.39 is 22.0 Å². The predicted octanol–water partition coefficient (Wildman–Crippen LogP) is 5.51. The summed E-state index contributed by atoms with van der Waals surface area (Å²) < 4.78 is 53.2. The van der Waals surface area contributed by atoms with E-state index in [0.29, 0.717) is 46.3 Å². The van der Waals surface area contributed by atoms with Gasteiger partial charge < -0.3 is 19.3 Å². The lowest BCUT2D eigenvalue weighted by Gasteiger charge is -2.46. The highest BCUT2D eigenvalue weighted by atomic mass is 35.5. The van der Waals surface area contributed by atoms with Crippen LogP contribution in [0.3, 0.4) is 0 Å². The molecule has 0 unspecified atom stereocenters. The van der Waals surface area contributed by atoms with Crippen LogP contribution >= 0.6 is 11.6 Å². The molecule has 0 aromatic heterocycles. The molecular formula is C38H47ClN4O8S. The van der Waals surface area contributed by atoms with Crippen molar-refractivity contribution in [2.24, 2.45) is 5.92 Å². The van der Waals surface area contributed by atoms with Crippen LogP contribution in [-0.2, 0) is 36.3 Å². The number of anilines is 2. The molecule has 1 N–H and O–H groups in total. The van der Waals surface area contributed by atoms with E-state index in [1.165, 1.54) is 12.0 Å². The summed E-state index contributed by atoms with van der Waals surface area (Å²) in [5.74, 6) is 0.883. The standard InChI is InChI=1S/C38H47ClN4O8S/c1-25(2)50-35-22-33-27(20-34(35)49-5)21-36(44)43(38(33,51-52(46,47)48)28-8-10-29(39)11-9-28)32-16-14-30(15-17-32)41(4)23-26-6-12-31(13-7-26)42-19-18-40(3)37(45)24-42/h8-11,14-17,20,22,25-26,31H,6-7,12-13,18-19,21,23-24H2,1-5H3,(H,46,47,48)/t26?,31?,38-/m0/s1. The van der Waals surface area contributed by atoms with Gasteiger partial charge in [-0.3, -0.25) is 23.9 Å². The Labute approximate surface area is 311 Å². The quantitative estimate of drug-likeness (QED) is 0.250. The number of hydrogen-bond acceptors (Lipinski definition) is 9. The zero-order valence-corrected chi connectivity index (χ0v) is 31.8. The Morgan fingerprint density at radius 3 is 2.23 bits per heavy atom. The minimum atomic E-state index is -5.18. The largest absolute Gasteiger partial charge is 0.493 e. The van der Waals surface area contributed by atoms with E-state index in [-0.39, 0.29) is 29.6 Å². The summed E-state index contributed by atoms with van der Waals surface area (Å²) in [4.78, 5) is 34.1. The molecule has 2 aliphatic heterocycles. The molecule has 2 fully saturated rings. The summed E-state index contributed by atoms with van der Waals surface area (Å²) >= 11 is 6.26. The van der Waals surface area contributed by atoms with Crippen LogP contribution in [0.15, 0.2) is 60.7 Å². The molecule has 0 radical (unpaired) electrons. The first-order valence-electron chi connectivity index (χ1n) is 17.6. The van der Waals surface area contributed by atoms with Crippen molar-refractivity contribution in [2.75, 3.05) is 57.2 Å². The predicted molar refractivity (Wildman–Crippen MR) is 199 cm³/mol. The van der Waals surface area contributed by atoms with E-state index in [1.807, 2.05) is 40.1 Å². The normalized spacial score (nSPS) is 22.8. The molecule has 0 spiro atoms. The Morgan fingerprint density at radius 1 is 0.962 bits per heavy atom. The molecule has 2 heterocycles. The van der Waals surface area contributed by atoms with E-state index in [2.05, 4.69) is 9.80 Å². The lowest BCUT2D eigenvalue weighted by Crippen LogP contribution is -2.57. The molecule has 12 nitrogen and oxygen atoms in total. The van der Waals surface area contributed by atoms with Crippen LogP contribution in [0.2, 0.25) is 5.02 Å². The molecule has 14 heteroatoms. The molecule has 0 bridgehead atoms. The third-order valence-corrected chi connectivity index (χ3v) is 11.1. The third kappa shape index (κ3) is 7.89. The van der Waals surface area contributed by atoms with Crippen LogP contribution in [0.4, 0.5) is 11.4 Å². The zero-order chi connectivity index (χ0) is 37.4. The fourth-order valence-corrected chi connectivity index (χ4v) is 8.50. The summed E-state index contributed by atoms with van der Waals surface area (Å²) in [6.45, 7) is 6.72. The number of fused-ring (bicyclic) bond motifs is 1. The number of rotatable bonds is 11. The number of nitrogens with zero attached hydrogens (tertiary/aromatic N) is 4. The lowest BCUT2D eigenvalue weighted by molar-refractivity contribution is -0.135. The second-order valence-electron chi connectivity index (χ2n) is 14.3. The number of halogens is 1. The molecule has 3 aliphatic rings. The zero-order valence-electron chi connectivity index (χ0n) is 30.2. The number of benzene rings is 3. The molecule has 1 aliphatic carbocycles. The van der Waals surface area contributed by atoms with Gasteiger partial charge in [-0.1, -0.05) is 23.7 Å². The number of methoxy groups -OCH3 is 1. The summed E-state index contributed by atoms with van der Waals surface area (Å²) in [7, 11) is 0.195. The number of ether oxygens (including phenoxy) is 2. The number of hydrogen-bond donors (Lipinski definition) is 1. The molecule has 6 rings (SSSR count). The van der Waals surface area contributed by atoms with Gasteiger partial charge in [-0.15, -0.1) is 0 Å². The van der Waals surface area contributed by atoms with E-state index in [1.54, 1.807) is 53.4 Å². The Kier molecular flexibility index (Phi) is 11.1. The van der Waals surface area contributed by atoms with Crippen molar-refractivity contribution < 1.29 is 36.2 Å². The van der Waals surface area contributed by atoms with E-state index in [4.69, 9.17) is 25.3 Å². The van der Waals surface area contributed by atoms with Gasteiger partial charge in [0.1, 0.15) is 0 Å². The van der Waals surface area contributed by atoms with Gasteiger partial charge in [-0.25, -0.2) is 4.18 Å². The average molecular weight is 755 g/mol. The summed E-state index contributed by atoms with van der Waals surface area (Å²) in [5, 5.41) is 0.383. The van der Waals surface area contributed by atoms with Gasteiger partial charge in [0.05, 0.1) is 26.2 Å². The first kappa shape index (κ1) is 37.9. The van der Waals surface area contributed by atoms with Crippen LogP contribution in [0, 0.1) is 5.92 Å². The smallest absolute Gasteiger partial charge is 0.400 e. The van der Waals surface area contributed by atoms with Crippen molar-refractivity contribution in [2.45, 2.75) is 63.8 Å². The van der Waals surface area contributed by atoms with Crippen molar-refractivity contribution in [3.63, 3.8) is 0 Å². The molecule has 52 heavy (non-hydrogen) atoms. The Morgan fingerprint density at radius 2 is 1.63 bits per heavy atom.